The smallest absolute Gasteiger partial charge is 0.0507 e. The number of hydrogen-bond acceptors (Lipinski definition) is 2. The number of nitrogens with one attached hydrogen (secondary N) is 1. The van der Waals surface area contributed by atoms with Crippen molar-refractivity contribution >= 4 is 11.6 Å². The van der Waals surface area contributed by atoms with E-state index < -0.39 is 0 Å². The minimum absolute atomic E-state index is 0.196. The molecule has 0 radical (unpaired) electrons. The molecule has 118 valence electrons. The van der Waals surface area contributed by atoms with E-state index in [0.717, 1.165) is 17.5 Å². The third-order valence-corrected chi connectivity index (χ3v) is 5.30. The Bertz CT molecular complexity index is 443. The van der Waals surface area contributed by atoms with Crippen LogP contribution in [0.4, 0.5) is 0 Å². The Kier molecular flexibility index (Phi) is 5.70. The minimum atomic E-state index is 0.196. The summed E-state index contributed by atoms with van der Waals surface area (Å²) in [5.41, 5.74) is 1.55. The summed E-state index contributed by atoms with van der Waals surface area (Å²) in [4.78, 5) is 2.45. The van der Waals surface area contributed by atoms with Crippen LogP contribution < -0.4 is 5.32 Å². The van der Waals surface area contributed by atoms with Gasteiger partial charge in [0.2, 0.25) is 0 Å². The van der Waals surface area contributed by atoms with Gasteiger partial charge in [-0.1, -0.05) is 50.4 Å². The Morgan fingerprint density at radius 1 is 1.33 bits per heavy atom. The molecule has 1 N–H and O–H groups in total. The van der Waals surface area contributed by atoms with Gasteiger partial charge in [-0.25, -0.2) is 0 Å². The van der Waals surface area contributed by atoms with Crippen molar-refractivity contribution in [3.8, 4) is 0 Å². The highest BCUT2D eigenvalue weighted by molar-refractivity contribution is 6.30. The van der Waals surface area contributed by atoms with E-state index in [9.17, 15) is 0 Å². The van der Waals surface area contributed by atoms with Gasteiger partial charge in [0.05, 0.1) is 6.04 Å². The molecular weight excluding hydrogens is 280 g/mol. The predicted octanol–water partition coefficient (Wildman–Crippen LogP) is 4.50. The van der Waals surface area contributed by atoms with Gasteiger partial charge in [-0.05, 0) is 57.1 Å². The molecule has 1 aromatic carbocycles. The van der Waals surface area contributed by atoms with E-state index in [1.54, 1.807) is 0 Å². The lowest BCUT2D eigenvalue weighted by atomic mass is 9.69. The number of benzene rings is 1. The predicted molar refractivity (Wildman–Crippen MR) is 91.9 cm³/mol. The molecular formula is C18H29ClN2. The first-order valence-electron chi connectivity index (χ1n) is 8.16. The molecule has 1 saturated carbocycles. The molecule has 1 aliphatic carbocycles. The fourth-order valence-corrected chi connectivity index (χ4v) is 4.09. The van der Waals surface area contributed by atoms with Gasteiger partial charge in [-0.3, -0.25) is 0 Å². The summed E-state index contributed by atoms with van der Waals surface area (Å²) >= 11 is 6.07. The molecule has 3 heteroatoms. The molecule has 2 rings (SSSR count). The topological polar surface area (TPSA) is 15.3 Å². The number of halogens is 1. The average molecular weight is 309 g/mol. The zero-order valence-corrected chi connectivity index (χ0v) is 14.6. The average Bonchev–Trinajstić information content (AvgIpc) is 2.45. The van der Waals surface area contributed by atoms with Crippen LogP contribution in [0.3, 0.4) is 0 Å². The second-order valence-electron chi connectivity index (χ2n) is 6.74. The highest BCUT2D eigenvalue weighted by Gasteiger charge is 2.43. The first-order chi connectivity index (χ1) is 9.99. The van der Waals surface area contributed by atoms with E-state index >= 15 is 0 Å². The maximum atomic E-state index is 6.07. The van der Waals surface area contributed by atoms with E-state index in [2.05, 4.69) is 50.3 Å². The van der Waals surface area contributed by atoms with Crippen LogP contribution in [0, 0.1) is 5.92 Å². The van der Waals surface area contributed by atoms with Gasteiger partial charge >= 0.3 is 0 Å². The van der Waals surface area contributed by atoms with Crippen molar-refractivity contribution < 1.29 is 0 Å². The van der Waals surface area contributed by atoms with E-state index in [4.69, 9.17) is 11.6 Å². The molecule has 0 spiro atoms. The molecule has 1 aromatic rings. The van der Waals surface area contributed by atoms with Crippen molar-refractivity contribution in [2.45, 2.75) is 51.1 Å². The van der Waals surface area contributed by atoms with Gasteiger partial charge in [0, 0.05) is 10.6 Å². The van der Waals surface area contributed by atoms with Crippen LogP contribution in [0.25, 0.3) is 0 Å². The monoisotopic (exact) mass is 308 g/mol. The molecule has 3 atom stereocenters. The highest BCUT2D eigenvalue weighted by atomic mass is 35.5. The summed E-state index contributed by atoms with van der Waals surface area (Å²) in [7, 11) is 4.47. The standard InChI is InChI=1S/C18H29ClN2/c1-5-20-17(15-8-10-16(19)11-9-15)18(21(3)4)12-6-7-14(2)13-18/h8-11,14,17,20H,5-7,12-13H2,1-4H3. The number of rotatable bonds is 5. The molecule has 21 heavy (non-hydrogen) atoms. The molecule has 0 aliphatic heterocycles. The van der Waals surface area contributed by atoms with Crippen molar-refractivity contribution in [2.24, 2.45) is 5.92 Å². The lowest BCUT2D eigenvalue weighted by Gasteiger charge is -2.50. The van der Waals surface area contributed by atoms with Gasteiger partial charge in [0.15, 0.2) is 0 Å². The molecule has 1 fully saturated rings. The molecule has 0 saturated heterocycles. The normalized spacial score (nSPS) is 27.8. The molecule has 0 aromatic heterocycles. The van der Waals surface area contributed by atoms with Gasteiger partial charge < -0.3 is 10.2 Å². The first kappa shape index (κ1) is 16.8. The molecule has 1 aliphatic rings. The number of hydrogen-bond donors (Lipinski definition) is 1. The van der Waals surface area contributed by atoms with Gasteiger partial charge in [-0.15, -0.1) is 0 Å². The Morgan fingerprint density at radius 2 is 2.00 bits per heavy atom. The lowest BCUT2D eigenvalue weighted by Crippen LogP contribution is -2.56. The summed E-state index contributed by atoms with van der Waals surface area (Å²) in [6, 6.07) is 8.74. The second-order valence-corrected chi connectivity index (χ2v) is 7.18. The number of likely N-dealkylation sites (N-methyl/N-ethyl adjacent to an activating group) is 2. The summed E-state index contributed by atoms with van der Waals surface area (Å²) in [6.07, 6.45) is 5.18. The van der Waals surface area contributed by atoms with Crippen LogP contribution in [0.5, 0.6) is 0 Å². The third-order valence-electron chi connectivity index (χ3n) is 5.05. The fraction of sp³-hybridized carbons (Fsp3) is 0.667. The van der Waals surface area contributed by atoms with Gasteiger partial charge in [0.25, 0.3) is 0 Å². The van der Waals surface area contributed by atoms with Crippen LogP contribution >= 0.6 is 11.6 Å². The summed E-state index contributed by atoms with van der Waals surface area (Å²) in [5, 5.41) is 4.56. The Hall–Kier alpha value is -0.570. The highest BCUT2D eigenvalue weighted by Crippen LogP contribution is 2.44. The zero-order chi connectivity index (χ0) is 15.5. The third kappa shape index (κ3) is 3.61. The van der Waals surface area contributed by atoms with E-state index in [0.29, 0.717) is 6.04 Å². The zero-order valence-electron chi connectivity index (χ0n) is 13.8. The minimum Gasteiger partial charge on any atom is -0.309 e. The summed E-state index contributed by atoms with van der Waals surface area (Å²) in [6.45, 7) is 5.57. The molecule has 3 unspecified atom stereocenters. The SMILES string of the molecule is CCNC(c1ccc(Cl)cc1)C1(N(C)C)CCCC(C)C1. The first-order valence-corrected chi connectivity index (χ1v) is 8.53. The fourth-order valence-electron chi connectivity index (χ4n) is 3.97. The lowest BCUT2D eigenvalue weighted by molar-refractivity contribution is 0.0372. The molecule has 0 amide bonds. The quantitative estimate of drug-likeness (QED) is 0.861. The maximum absolute atomic E-state index is 6.07. The summed E-state index contributed by atoms with van der Waals surface area (Å²) in [5.74, 6) is 0.787. The Morgan fingerprint density at radius 3 is 2.52 bits per heavy atom. The van der Waals surface area contributed by atoms with E-state index in [-0.39, 0.29) is 5.54 Å². The van der Waals surface area contributed by atoms with Crippen molar-refractivity contribution in [2.75, 3.05) is 20.6 Å². The second kappa shape index (κ2) is 7.13. The summed E-state index contributed by atoms with van der Waals surface area (Å²) < 4.78 is 0. The maximum Gasteiger partial charge on any atom is 0.0507 e. The number of nitrogens with zero attached hydrogens (tertiary/aromatic N) is 1. The van der Waals surface area contributed by atoms with Crippen molar-refractivity contribution in [3.63, 3.8) is 0 Å². The van der Waals surface area contributed by atoms with Crippen LogP contribution in [0.1, 0.15) is 51.1 Å². The van der Waals surface area contributed by atoms with Crippen molar-refractivity contribution in [3.05, 3.63) is 34.9 Å². The Balaban J connectivity index is 2.39. The van der Waals surface area contributed by atoms with Crippen LogP contribution in [0.15, 0.2) is 24.3 Å². The van der Waals surface area contributed by atoms with Gasteiger partial charge in [-0.2, -0.15) is 0 Å². The largest absolute Gasteiger partial charge is 0.309 e. The van der Waals surface area contributed by atoms with Gasteiger partial charge in [0.1, 0.15) is 0 Å². The Labute approximate surface area is 134 Å². The van der Waals surface area contributed by atoms with E-state index in [1.165, 1.54) is 31.2 Å². The van der Waals surface area contributed by atoms with Crippen molar-refractivity contribution in [1.82, 2.24) is 10.2 Å². The van der Waals surface area contributed by atoms with E-state index in [1.807, 2.05) is 12.1 Å². The molecule has 2 nitrogen and oxygen atoms in total. The van der Waals surface area contributed by atoms with Crippen LogP contribution in [-0.4, -0.2) is 31.1 Å². The van der Waals surface area contributed by atoms with Crippen molar-refractivity contribution in [1.29, 1.82) is 0 Å². The molecule has 0 heterocycles. The van der Waals surface area contributed by atoms with Crippen LogP contribution in [-0.2, 0) is 0 Å². The van der Waals surface area contributed by atoms with Crippen LogP contribution in [0.2, 0.25) is 5.02 Å². The molecule has 0 bridgehead atoms.